The number of aromatic nitrogens is 4. The number of nitriles is 1. The second-order valence-electron chi connectivity index (χ2n) is 4.54. The van der Waals surface area contributed by atoms with Crippen molar-refractivity contribution in [1.82, 2.24) is 20.2 Å². The van der Waals surface area contributed by atoms with Crippen LogP contribution in [-0.4, -0.2) is 26.1 Å². The fourth-order valence-electron chi connectivity index (χ4n) is 1.96. The lowest BCUT2D eigenvalue weighted by molar-refractivity contribution is 0.102. The number of hydrogen-bond donors (Lipinski definition) is 3. The predicted octanol–water partition coefficient (Wildman–Crippen LogP) is 1.52. The van der Waals surface area contributed by atoms with Gasteiger partial charge in [-0.3, -0.25) is 15.2 Å². The molecule has 1 fully saturated rings. The third-order valence-corrected chi connectivity index (χ3v) is 3.29. The van der Waals surface area contributed by atoms with Crippen molar-refractivity contribution < 1.29 is 4.79 Å². The van der Waals surface area contributed by atoms with Crippen LogP contribution in [0.5, 0.6) is 0 Å². The van der Waals surface area contributed by atoms with Crippen molar-refractivity contribution in [3.8, 4) is 6.07 Å². The van der Waals surface area contributed by atoms with Crippen molar-refractivity contribution in [3.63, 3.8) is 0 Å². The van der Waals surface area contributed by atoms with Gasteiger partial charge in [0.2, 0.25) is 5.95 Å². The summed E-state index contributed by atoms with van der Waals surface area (Å²) in [7, 11) is 0. The number of anilines is 1. The molecule has 0 aromatic carbocycles. The molecule has 7 heteroatoms. The van der Waals surface area contributed by atoms with Crippen LogP contribution < -0.4 is 5.32 Å². The summed E-state index contributed by atoms with van der Waals surface area (Å²) in [6.07, 6.45) is 4.93. The van der Waals surface area contributed by atoms with E-state index in [4.69, 9.17) is 5.26 Å². The molecule has 7 nitrogen and oxygen atoms in total. The smallest absolute Gasteiger partial charge is 0.259 e. The van der Waals surface area contributed by atoms with Crippen molar-refractivity contribution in [1.29, 1.82) is 5.26 Å². The molecule has 0 unspecified atom stereocenters. The zero-order valence-corrected chi connectivity index (χ0v) is 10.1. The summed E-state index contributed by atoms with van der Waals surface area (Å²) in [5.41, 5.74) is 0.724. The summed E-state index contributed by atoms with van der Waals surface area (Å²) < 4.78 is 0. The van der Waals surface area contributed by atoms with Gasteiger partial charge in [0.1, 0.15) is 17.6 Å². The Morgan fingerprint density at radius 2 is 2.37 bits per heavy atom. The van der Waals surface area contributed by atoms with Gasteiger partial charge in [-0.15, -0.1) is 5.10 Å². The minimum atomic E-state index is -0.336. The molecule has 0 bridgehead atoms. The highest BCUT2D eigenvalue weighted by Gasteiger charge is 2.23. The minimum Gasteiger partial charge on any atom is -0.352 e. The molecule has 19 heavy (non-hydrogen) atoms. The van der Waals surface area contributed by atoms with Crippen LogP contribution in [0.4, 0.5) is 5.95 Å². The Bertz CT molecular complexity index is 645. The molecule has 1 saturated carbocycles. The first-order chi connectivity index (χ1) is 9.26. The molecular weight excluding hydrogens is 244 g/mol. The number of rotatable bonds is 3. The third-order valence-electron chi connectivity index (χ3n) is 3.29. The molecule has 2 heterocycles. The average Bonchev–Trinajstić information content (AvgIpc) is 2.96. The van der Waals surface area contributed by atoms with Gasteiger partial charge in [0, 0.05) is 12.1 Å². The Morgan fingerprint density at radius 3 is 3.00 bits per heavy atom. The molecule has 1 aliphatic carbocycles. The average molecular weight is 256 g/mol. The van der Waals surface area contributed by atoms with E-state index in [-0.39, 0.29) is 11.9 Å². The first-order valence-electron chi connectivity index (χ1n) is 6.08. The van der Waals surface area contributed by atoms with E-state index >= 15 is 0 Å². The van der Waals surface area contributed by atoms with E-state index in [1.54, 1.807) is 0 Å². The Morgan fingerprint density at radius 1 is 1.53 bits per heavy atom. The van der Waals surface area contributed by atoms with Gasteiger partial charge < -0.3 is 4.98 Å². The van der Waals surface area contributed by atoms with Crippen LogP contribution >= 0.6 is 0 Å². The number of nitrogens with one attached hydrogen (secondary N) is 3. The van der Waals surface area contributed by atoms with Gasteiger partial charge in [-0.1, -0.05) is 6.42 Å². The van der Waals surface area contributed by atoms with Gasteiger partial charge in [-0.05, 0) is 18.9 Å². The van der Waals surface area contributed by atoms with Crippen LogP contribution in [0.25, 0.3) is 0 Å². The maximum atomic E-state index is 11.9. The monoisotopic (exact) mass is 256 g/mol. The van der Waals surface area contributed by atoms with E-state index < -0.39 is 0 Å². The van der Waals surface area contributed by atoms with Crippen LogP contribution in [0.2, 0.25) is 0 Å². The van der Waals surface area contributed by atoms with E-state index in [9.17, 15) is 4.79 Å². The highest BCUT2D eigenvalue weighted by atomic mass is 16.1. The number of H-pyrrole nitrogens is 2. The molecule has 2 aromatic heterocycles. The van der Waals surface area contributed by atoms with Gasteiger partial charge in [-0.2, -0.15) is 10.2 Å². The minimum absolute atomic E-state index is 0.270. The van der Waals surface area contributed by atoms with Crippen molar-refractivity contribution in [2.45, 2.75) is 25.2 Å². The third kappa shape index (κ3) is 2.20. The SMILES string of the molecule is N#Cc1cc(C(=O)Nc2n[nH]c(C3CCC3)n2)c[nH]1. The summed E-state index contributed by atoms with van der Waals surface area (Å²) >= 11 is 0. The van der Waals surface area contributed by atoms with Gasteiger partial charge >= 0.3 is 0 Å². The van der Waals surface area contributed by atoms with Crippen LogP contribution in [0.15, 0.2) is 12.3 Å². The Kier molecular flexibility index (Phi) is 2.76. The van der Waals surface area contributed by atoms with Crippen LogP contribution in [-0.2, 0) is 0 Å². The van der Waals surface area contributed by atoms with E-state index in [0.717, 1.165) is 18.7 Å². The summed E-state index contributed by atoms with van der Waals surface area (Å²) in [6.45, 7) is 0. The van der Waals surface area contributed by atoms with E-state index in [2.05, 4.69) is 25.5 Å². The lowest BCUT2D eigenvalue weighted by Gasteiger charge is -2.22. The maximum Gasteiger partial charge on any atom is 0.259 e. The molecule has 3 rings (SSSR count). The Hall–Kier alpha value is -2.62. The fraction of sp³-hybridized carbons (Fsp3) is 0.333. The normalized spacial score (nSPS) is 14.7. The van der Waals surface area contributed by atoms with Crippen LogP contribution in [0.3, 0.4) is 0 Å². The molecule has 3 N–H and O–H groups in total. The zero-order valence-electron chi connectivity index (χ0n) is 10.1. The molecule has 0 spiro atoms. The van der Waals surface area contributed by atoms with E-state index in [1.165, 1.54) is 18.7 Å². The van der Waals surface area contributed by atoms with Crippen molar-refractivity contribution in [2.75, 3.05) is 5.32 Å². The van der Waals surface area contributed by atoms with Gasteiger partial charge in [0.05, 0.1) is 5.56 Å². The molecular formula is C12H12N6O. The van der Waals surface area contributed by atoms with Crippen LogP contribution in [0, 0.1) is 11.3 Å². The lowest BCUT2D eigenvalue weighted by Crippen LogP contribution is -2.13. The molecule has 0 saturated heterocycles. The number of aromatic amines is 2. The number of carbonyl (C=O) groups excluding carboxylic acids is 1. The topological polar surface area (TPSA) is 110 Å². The molecule has 2 aromatic rings. The second kappa shape index (κ2) is 4.57. The second-order valence-corrected chi connectivity index (χ2v) is 4.54. The zero-order chi connectivity index (χ0) is 13.2. The first-order valence-corrected chi connectivity index (χ1v) is 6.08. The summed E-state index contributed by atoms with van der Waals surface area (Å²) in [5, 5.41) is 18.1. The largest absolute Gasteiger partial charge is 0.352 e. The lowest BCUT2D eigenvalue weighted by atomic mass is 9.85. The predicted molar refractivity (Wildman–Crippen MR) is 66.4 cm³/mol. The van der Waals surface area contributed by atoms with Crippen molar-refractivity contribution >= 4 is 11.9 Å². The Labute approximate surface area is 109 Å². The van der Waals surface area contributed by atoms with E-state index in [0.29, 0.717) is 17.2 Å². The number of hydrogen-bond acceptors (Lipinski definition) is 4. The van der Waals surface area contributed by atoms with Crippen molar-refractivity contribution in [3.05, 3.63) is 29.3 Å². The van der Waals surface area contributed by atoms with E-state index in [1.807, 2.05) is 6.07 Å². The highest BCUT2D eigenvalue weighted by Crippen LogP contribution is 2.34. The molecule has 0 atom stereocenters. The van der Waals surface area contributed by atoms with Crippen LogP contribution in [0.1, 0.15) is 47.1 Å². The standard InChI is InChI=1S/C12H12N6O/c13-5-9-4-8(6-14-9)11(19)16-12-15-10(17-18-12)7-2-1-3-7/h4,6-7,14H,1-3H2,(H2,15,16,17,18,19). The Balaban J connectivity index is 1.68. The van der Waals surface area contributed by atoms with Gasteiger partial charge in [0.15, 0.2) is 0 Å². The number of carbonyl (C=O) groups is 1. The summed E-state index contributed by atoms with van der Waals surface area (Å²) in [6, 6.07) is 3.41. The van der Waals surface area contributed by atoms with Crippen molar-refractivity contribution in [2.24, 2.45) is 0 Å². The van der Waals surface area contributed by atoms with Gasteiger partial charge in [0.25, 0.3) is 5.91 Å². The quantitative estimate of drug-likeness (QED) is 0.773. The van der Waals surface area contributed by atoms with Gasteiger partial charge in [-0.25, -0.2) is 0 Å². The molecule has 0 aliphatic heterocycles. The fourth-order valence-corrected chi connectivity index (χ4v) is 1.96. The summed E-state index contributed by atoms with van der Waals surface area (Å²) in [5.74, 6) is 1.20. The molecule has 0 radical (unpaired) electrons. The summed E-state index contributed by atoms with van der Waals surface area (Å²) in [4.78, 5) is 18.8. The number of nitrogens with zero attached hydrogens (tertiary/aromatic N) is 3. The highest BCUT2D eigenvalue weighted by molar-refractivity contribution is 6.03. The number of amides is 1. The molecule has 1 aliphatic rings. The molecule has 96 valence electrons. The first kappa shape index (κ1) is 11.5. The maximum absolute atomic E-state index is 11.9. The molecule has 1 amide bonds.